The quantitative estimate of drug-likeness (QED) is 0.788. The summed E-state index contributed by atoms with van der Waals surface area (Å²) in [6.07, 6.45) is 3.79. The minimum Gasteiger partial charge on any atom is -0.314 e. The number of hydrogen-bond donors (Lipinski definition) is 1. The van der Waals surface area contributed by atoms with Crippen molar-refractivity contribution in [2.24, 2.45) is 5.41 Å². The first-order valence-corrected chi connectivity index (χ1v) is 7.17. The fraction of sp³-hybridized carbons (Fsp3) is 0.714. The normalized spacial score (nSPS) is 14.0. The Hall–Kier alpha value is -0.340. The summed E-state index contributed by atoms with van der Waals surface area (Å²) in [6.45, 7) is 10.2. The molecule has 0 fully saturated rings. The van der Waals surface area contributed by atoms with Gasteiger partial charge in [-0.25, -0.2) is 0 Å². The molecule has 2 heteroatoms. The molecule has 1 aromatic rings. The maximum atomic E-state index is 3.61. The minimum absolute atomic E-state index is 0.367. The van der Waals surface area contributed by atoms with Gasteiger partial charge in [-0.2, -0.15) is 0 Å². The molecule has 0 saturated carbocycles. The minimum atomic E-state index is 0.367. The summed E-state index contributed by atoms with van der Waals surface area (Å²) in [5.74, 6) is 0. The third kappa shape index (κ3) is 4.67. The van der Waals surface area contributed by atoms with E-state index < -0.39 is 0 Å². The highest BCUT2D eigenvalue weighted by Crippen LogP contribution is 2.24. The second-order valence-electron chi connectivity index (χ2n) is 5.45. The van der Waals surface area contributed by atoms with Gasteiger partial charge in [-0.15, -0.1) is 11.3 Å². The molecule has 0 aliphatic carbocycles. The standard InChI is InChI=1S/C14H25NS/c1-5-15-13(14(2,3)4)10-6-8-12-9-7-11-16-12/h7,9,11,13,15H,5-6,8,10H2,1-4H3. The summed E-state index contributed by atoms with van der Waals surface area (Å²) in [5, 5.41) is 5.77. The van der Waals surface area contributed by atoms with Crippen molar-refractivity contribution in [3.8, 4) is 0 Å². The van der Waals surface area contributed by atoms with Gasteiger partial charge in [0, 0.05) is 10.9 Å². The summed E-state index contributed by atoms with van der Waals surface area (Å²) in [5.41, 5.74) is 0.367. The van der Waals surface area contributed by atoms with Gasteiger partial charge in [0.1, 0.15) is 0 Å². The van der Waals surface area contributed by atoms with Crippen LogP contribution in [0.2, 0.25) is 0 Å². The van der Waals surface area contributed by atoms with Crippen LogP contribution in [0.15, 0.2) is 17.5 Å². The van der Waals surface area contributed by atoms with Gasteiger partial charge in [0.05, 0.1) is 0 Å². The molecule has 0 aliphatic heterocycles. The van der Waals surface area contributed by atoms with Gasteiger partial charge in [-0.05, 0) is 42.7 Å². The zero-order chi connectivity index (χ0) is 12.0. The molecule has 1 atom stereocenters. The predicted octanol–water partition coefficient (Wildman–Crippen LogP) is 4.10. The lowest BCUT2D eigenvalue weighted by molar-refractivity contribution is 0.254. The van der Waals surface area contributed by atoms with Crippen molar-refractivity contribution < 1.29 is 0 Å². The summed E-state index contributed by atoms with van der Waals surface area (Å²) >= 11 is 1.88. The Bertz CT molecular complexity index is 271. The van der Waals surface area contributed by atoms with Gasteiger partial charge < -0.3 is 5.32 Å². The molecule has 0 saturated heterocycles. The van der Waals surface area contributed by atoms with Crippen molar-refractivity contribution in [1.29, 1.82) is 0 Å². The van der Waals surface area contributed by atoms with Gasteiger partial charge >= 0.3 is 0 Å². The van der Waals surface area contributed by atoms with E-state index in [0.717, 1.165) is 6.54 Å². The van der Waals surface area contributed by atoms with Crippen LogP contribution in [0.1, 0.15) is 45.4 Å². The van der Waals surface area contributed by atoms with Crippen molar-refractivity contribution in [3.63, 3.8) is 0 Å². The lowest BCUT2D eigenvalue weighted by Crippen LogP contribution is -2.40. The number of aryl methyl sites for hydroxylation is 1. The average Bonchev–Trinajstić information content (AvgIpc) is 2.67. The second-order valence-corrected chi connectivity index (χ2v) is 6.48. The lowest BCUT2D eigenvalue weighted by atomic mass is 9.83. The Balaban J connectivity index is 2.33. The van der Waals surface area contributed by atoms with Gasteiger partial charge in [-0.1, -0.05) is 33.8 Å². The summed E-state index contributed by atoms with van der Waals surface area (Å²) in [4.78, 5) is 1.52. The Labute approximate surface area is 104 Å². The van der Waals surface area contributed by atoms with E-state index in [0.29, 0.717) is 11.5 Å². The molecule has 0 radical (unpaired) electrons. The van der Waals surface area contributed by atoms with Crippen molar-refractivity contribution in [3.05, 3.63) is 22.4 Å². The third-order valence-electron chi connectivity index (χ3n) is 2.99. The van der Waals surface area contributed by atoms with Crippen LogP contribution in [0.5, 0.6) is 0 Å². The smallest absolute Gasteiger partial charge is 0.0116 e. The first-order chi connectivity index (χ1) is 7.54. The van der Waals surface area contributed by atoms with Gasteiger partial charge in [0.2, 0.25) is 0 Å². The van der Waals surface area contributed by atoms with E-state index >= 15 is 0 Å². The molecule has 1 rings (SSSR count). The molecule has 92 valence electrons. The van der Waals surface area contributed by atoms with Crippen molar-refractivity contribution in [2.75, 3.05) is 6.54 Å². The van der Waals surface area contributed by atoms with E-state index in [-0.39, 0.29) is 0 Å². The molecular formula is C14H25NS. The Morgan fingerprint density at radius 1 is 1.38 bits per heavy atom. The van der Waals surface area contributed by atoms with E-state index in [4.69, 9.17) is 0 Å². The van der Waals surface area contributed by atoms with Crippen molar-refractivity contribution in [1.82, 2.24) is 5.32 Å². The molecule has 0 bridgehead atoms. The highest BCUT2D eigenvalue weighted by Gasteiger charge is 2.22. The van der Waals surface area contributed by atoms with E-state index in [1.807, 2.05) is 11.3 Å². The summed E-state index contributed by atoms with van der Waals surface area (Å²) in [7, 11) is 0. The van der Waals surface area contributed by atoms with E-state index in [9.17, 15) is 0 Å². The lowest BCUT2D eigenvalue weighted by Gasteiger charge is -2.31. The number of thiophene rings is 1. The van der Waals surface area contributed by atoms with Crippen LogP contribution in [0.4, 0.5) is 0 Å². The van der Waals surface area contributed by atoms with Crippen LogP contribution in [-0.4, -0.2) is 12.6 Å². The topological polar surface area (TPSA) is 12.0 Å². The highest BCUT2D eigenvalue weighted by atomic mass is 32.1. The maximum Gasteiger partial charge on any atom is 0.0116 e. The number of nitrogens with one attached hydrogen (secondary N) is 1. The van der Waals surface area contributed by atoms with Gasteiger partial charge in [0.25, 0.3) is 0 Å². The maximum absolute atomic E-state index is 3.61. The molecule has 1 unspecified atom stereocenters. The molecule has 1 nitrogen and oxygen atoms in total. The average molecular weight is 239 g/mol. The van der Waals surface area contributed by atoms with Gasteiger partial charge in [0.15, 0.2) is 0 Å². The van der Waals surface area contributed by atoms with Crippen LogP contribution in [0, 0.1) is 5.41 Å². The second kappa shape index (κ2) is 6.41. The zero-order valence-corrected chi connectivity index (χ0v) is 11.9. The first kappa shape index (κ1) is 13.7. The molecule has 0 aromatic carbocycles. The fourth-order valence-corrected chi connectivity index (χ4v) is 2.77. The number of rotatable bonds is 6. The molecule has 0 aliphatic rings. The highest BCUT2D eigenvalue weighted by molar-refractivity contribution is 7.09. The largest absolute Gasteiger partial charge is 0.314 e. The third-order valence-corrected chi connectivity index (χ3v) is 3.93. The van der Waals surface area contributed by atoms with Crippen LogP contribution in [0.25, 0.3) is 0 Å². The van der Waals surface area contributed by atoms with Crippen molar-refractivity contribution >= 4 is 11.3 Å². The van der Waals surface area contributed by atoms with Crippen molar-refractivity contribution in [2.45, 2.75) is 53.0 Å². The molecular weight excluding hydrogens is 214 g/mol. The molecule has 0 spiro atoms. The Kier molecular flexibility index (Phi) is 5.50. The molecule has 1 N–H and O–H groups in total. The van der Waals surface area contributed by atoms with Crippen LogP contribution >= 0.6 is 11.3 Å². The molecule has 16 heavy (non-hydrogen) atoms. The fourth-order valence-electron chi connectivity index (χ4n) is 2.02. The summed E-state index contributed by atoms with van der Waals surface area (Å²) < 4.78 is 0. The first-order valence-electron chi connectivity index (χ1n) is 6.29. The van der Waals surface area contributed by atoms with Crippen LogP contribution < -0.4 is 5.32 Å². The van der Waals surface area contributed by atoms with Crippen LogP contribution in [-0.2, 0) is 6.42 Å². The summed E-state index contributed by atoms with van der Waals surface area (Å²) in [6, 6.07) is 5.02. The van der Waals surface area contributed by atoms with E-state index in [1.54, 1.807) is 0 Å². The Morgan fingerprint density at radius 2 is 2.12 bits per heavy atom. The molecule has 0 amide bonds. The monoisotopic (exact) mass is 239 g/mol. The molecule has 1 aromatic heterocycles. The van der Waals surface area contributed by atoms with E-state index in [2.05, 4.69) is 50.5 Å². The van der Waals surface area contributed by atoms with Crippen LogP contribution in [0.3, 0.4) is 0 Å². The predicted molar refractivity (Wildman–Crippen MR) is 74.2 cm³/mol. The Morgan fingerprint density at radius 3 is 2.62 bits per heavy atom. The zero-order valence-electron chi connectivity index (χ0n) is 11.0. The van der Waals surface area contributed by atoms with Gasteiger partial charge in [-0.3, -0.25) is 0 Å². The van der Waals surface area contributed by atoms with E-state index in [1.165, 1.54) is 24.1 Å². The molecule has 1 heterocycles. The SMILES string of the molecule is CCNC(CCCc1cccs1)C(C)(C)C. The number of hydrogen-bond acceptors (Lipinski definition) is 2.